The molecule has 54 valence electrons. The van der Waals surface area contributed by atoms with Gasteiger partial charge in [-0.15, -0.1) is 0 Å². The normalized spacial score (nSPS) is 24.0. The Morgan fingerprint density at radius 3 is 2.11 bits per heavy atom. The molecular formula is C6H13NOS. The van der Waals surface area contributed by atoms with Gasteiger partial charge in [0.05, 0.1) is 11.0 Å². The fourth-order valence-electron chi connectivity index (χ4n) is 0.902. The van der Waals surface area contributed by atoms with Crippen LogP contribution in [-0.4, -0.2) is 34.1 Å². The fraction of sp³-hybridized carbons (Fsp3) is 1.00. The monoisotopic (exact) mass is 147 g/mol. The Morgan fingerprint density at radius 2 is 2.00 bits per heavy atom. The summed E-state index contributed by atoms with van der Waals surface area (Å²) in [4.78, 5) is 2.07. The minimum Gasteiger partial charge on any atom is -0.390 e. The Bertz CT molecular complexity index is 104. The number of aliphatic hydroxyl groups excluding tert-OH is 1. The third kappa shape index (κ3) is 1.60. The van der Waals surface area contributed by atoms with Crippen LogP contribution in [0.5, 0.6) is 0 Å². The molecule has 0 atom stereocenters. The second-order valence-electron chi connectivity index (χ2n) is 3.05. The Morgan fingerprint density at radius 1 is 1.56 bits per heavy atom. The largest absolute Gasteiger partial charge is 0.390 e. The van der Waals surface area contributed by atoms with Gasteiger partial charge in [0.2, 0.25) is 0 Å². The molecule has 1 aliphatic heterocycles. The first kappa shape index (κ1) is 7.38. The van der Waals surface area contributed by atoms with Gasteiger partial charge in [-0.2, -0.15) is 12.6 Å². The summed E-state index contributed by atoms with van der Waals surface area (Å²) < 4.78 is 0. The molecule has 1 heterocycles. The van der Waals surface area contributed by atoms with Crippen LogP contribution in [0.3, 0.4) is 0 Å². The van der Waals surface area contributed by atoms with Crippen LogP contribution in [-0.2, 0) is 0 Å². The first-order valence-corrected chi connectivity index (χ1v) is 3.60. The van der Waals surface area contributed by atoms with E-state index in [1.165, 1.54) is 0 Å². The summed E-state index contributed by atoms with van der Waals surface area (Å²) in [5.41, 5.74) is 0. The first-order chi connectivity index (χ1) is 4.00. The van der Waals surface area contributed by atoms with Gasteiger partial charge in [0.15, 0.2) is 0 Å². The van der Waals surface area contributed by atoms with Gasteiger partial charge in [-0.25, -0.2) is 0 Å². The molecule has 0 aromatic carbocycles. The molecule has 1 rings (SSSR count). The molecule has 0 spiro atoms. The molecule has 0 amide bonds. The Hall–Kier alpha value is 0.270. The summed E-state index contributed by atoms with van der Waals surface area (Å²) in [5.74, 6) is 0. The number of nitrogens with zero attached hydrogens (tertiary/aromatic N) is 1. The van der Waals surface area contributed by atoms with Crippen LogP contribution < -0.4 is 0 Å². The van der Waals surface area contributed by atoms with Gasteiger partial charge >= 0.3 is 0 Å². The molecule has 0 aromatic rings. The molecule has 0 bridgehead atoms. The fourth-order valence-corrected chi connectivity index (χ4v) is 1.07. The zero-order chi connectivity index (χ0) is 7.07. The maximum Gasteiger partial charge on any atom is 0.0794 e. The van der Waals surface area contributed by atoms with Gasteiger partial charge in [-0.05, 0) is 13.8 Å². The van der Waals surface area contributed by atoms with Crippen LogP contribution in [0.25, 0.3) is 0 Å². The van der Waals surface area contributed by atoms with E-state index in [2.05, 4.69) is 17.5 Å². The van der Waals surface area contributed by atoms with Gasteiger partial charge < -0.3 is 5.11 Å². The lowest BCUT2D eigenvalue weighted by Gasteiger charge is -2.44. The van der Waals surface area contributed by atoms with E-state index >= 15 is 0 Å². The number of aliphatic hydroxyl groups is 1. The average molecular weight is 147 g/mol. The lowest BCUT2D eigenvalue weighted by atomic mass is 10.1. The van der Waals surface area contributed by atoms with E-state index in [9.17, 15) is 0 Å². The molecule has 1 aliphatic rings. The number of likely N-dealkylation sites (tertiary alicyclic amines) is 1. The molecule has 0 aromatic heterocycles. The summed E-state index contributed by atoms with van der Waals surface area (Å²) in [6.45, 7) is 5.61. The molecule has 1 N–H and O–H groups in total. The molecule has 0 saturated carbocycles. The topological polar surface area (TPSA) is 23.5 Å². The van der Waals surface area contributed by atoms with Crippen LogP contribution in [0, 0.1) is 0 Å². The van der Waals surface area contributed by atoms with E-state index in [-0.39, 0.29) is 11.0 Å². The van der Waals surface area contributed by atoms with E-state index < -0.39 is 0 Å². The second-order valence-corrected chi connectivity index (χ2v) is 4.15. The molecule has 1 fully saturated rings. The molecule has 2 nitrogen and oxygen atoms in total. The van der Waals surface area contributed by atoms with Crippen molar-refractivity contribution in [3.63, 3.8) is 0 Å². The van der Waals surface area contributed by atoms with E-state index in [0.29, 0.717) is 0 Å². The lowest BCUT2D eigenvalue weighted by Crippen LogP contribution is -2.57. The Labute approximate surface area is 61.3 Å². The van der Waals surface area contributed by atoms with Gasteiger partial charge in [-0.1, -0.05) is 0 Å². The van der Waals surface area contributed by atoms with Gasteiger partial charge in [0.25, 0.3) is 0 Å². The predicted octanol–water partition coefficient (Wildman–Crippen LogP) is 0.329. The van der Waals surface area contributed by atoms with Crippen molar-refractivity contribution in [1.82, 2.24) is 4.90 Å². The predicted molar refractivity (Wildman–Crippen MR) is 40.6 cm³/mol. The maximum absolute atomic E-state index is 8.91. The summed E-state index contributed by atoms with van der Waals surface area (Å²) in [7, 11) is 0. The highest BCUT2D eigenvalue weighted by atomic mass is 32.1. The summed E-state index contributed by atoms with van der Waals surface area (Å²) in [6, 6.07) is 0. The molecule has 1 saturated heterocycles. The third-order valence-electron chi connectivity index (χ3n) is 1.64. The van der Waals surface area contributed by atoms with Crippen molar-refractivity contribution in [1.29, 1.82) is 0 Å². The third-order valence-corrected chi connectivity index (χ3v) is 1.92. The van der Waals surface area contributed by atoms with E-state index in [1.807, 2.05) is 13.8 Å². The molecule has 9 heavy (non-hydrogen) atoms. The first-order valence-electron chi connectivity index (χ1n) is 3.15. The number of rotatable bonds is 1. The zero-order valence-corrected chi connectivity index (χ0v) is 6.73. The highest BCUT2D eigenvalue weighted by Gasteiger charge is 2.33. The van der Waals surface area contributed by atoms with Crippen molar-refractivity contribution < 1.29 is 5.11 Å². The molecular weight excluding hydrogens is 134 g/mol. The van der Waals surface area contributed by atoms with Crippen molar-refractivity contribution in [3.8, 4) is 0 Å². The zero-order valence-electron chi connectivity index (χ0n) is 5.83. The number of thiol groups is 1. The summed E-state index contributed by atoms with van der Waals surface area (Å²) in [6.07, 6.45) is -0.114. The van der Waals surface area contributed by atoms with Crippen molar-refractivity contribution in [3.05, 3.63) is 0 Å². The van der Waals surface area contributed by atoms with Crippen LogP contribution in [0.15, 0.2) is 0 Å². The highest BCUT2D eigenvalue weighted by molar-refractivity contribution is 7.81. The minimum atomic E-state index is -0.114. The molecule has 0 aliphatic carbocycles. The quantitative estimate of drug-likeness (QED) is 0.522. The van der Waals surface area contributed by atoms with Crippen LogP contribution in [0.1, 0.15) is 13.8 Å². The Balaban J connectivity index is 2.32. The van der Waals surface area contributed by atoms with Crippen LogP contribution in [0.4, 0.5) is 0 Å². The lowest BCUT2D eigenvalue weighted by molar-refractivity contribution is -0.0253. The Kier molecular flexibility index (Phi) is 1.76. The second kappa shape index (κ2) is 2.15. The van der Waals surface area contributed by atoms with Crippen LogP contribution >= 0.6 is 12.6 Å². The number of hydrogen-bond donors (Lipinski definition) is 2. The smallest absolute Gasteiger partial charge is 0.0794 e. The van der Waals surface area contributed by atoms with Gasteiger partial charge in [-0.3, -0.25) is 4.90 Å². The van der Waals surface area contributed by atoms with E-state index in [4.69, 9.17) is 5.11 Å². The summed E-state index contributed by atoms with van der Waals surface area (Å²) >= 11 is 4.34. The van der Waals surface area contributed by atoms with Crippen molar-refractivity contribution >= 4 is 12.6 Å². The molecule has 3 heteroatoms. The SMILES string of the molecule is CC(C)(S)N1CC(O)C1. The van der Waals surface area contributed by atoms with Crippen molar-refractivity contribution in [2.75, 3.05) is 13.1 Å². The standard InChI is InChI=1S/C6H13NOS/c1-6(2,9)7-3-5(8)4-7/h5,8-9H,3-4H2,1-2H3. The van der Waals surface area contributed by atoms with Crippen molar-refractivity contribution in [2.45, 2.75) is 24.8 Å². The van der Waals surface area contributed by atoms with Gasteiger partial charge in [0.1, 0.15) is 0 Å². The minimum absolute atomic E-state index is 0.0563. The highest BCUT2D eigenvalue weighted by Crippen LogP contribution is 2.24. The van der Waals surface area contributed by atoms with Gasteiger partial charge in [0, 0.05) is 13.1 Å². The summed E-state index contributed by atoms with van der Waals surface area (Å²) in [5, 5.41) is 8.91. The van der Waals surface area contributed by atoms with Crippen LogP contribution in [0.2, 0.25) is 0 Å². The van der Waals surface area contributed by atoms with Crippen molar-refractivity contribution in [2.24, 2.45) is 0 Å². The molecule has 0 unspecified atom stereocenters. The maximum atomic E-state index is 8.91. The average Bonchev–Trinajstić information content (AvgIpc) is 1.55. The molecule has 0 radical (unpaired) electrons. The van der Waals surface area contributed by atoms with E-state index in [0.717, 1.165) is 13.1 Å². The van der Waals surface area contributed by atoms with E-state index in [1.54, 1.807) is 0 Å². The number of β-amino-alcohol motifs (C(OH)–C–C–N with tert-alkyl or cyclic N) is 1. The number of hydrogen-bond acceptors (Lipinski definition) is 3.